The first kappa shape index (κ1) is 21.2. The predicted molar refractivity (Wildman–Crippen MR) is 121 cm³/mol. The number of nitrogens with zero attached hydrogens (tertiary/aromatic N) is 2. The number of nitrogens with one attached hydrogen (secondary N) is 1. The summed E-state index contributed by atoms with van der Waals surface area (Å²) in [7, 11) is 0. The highest BCUT2D eigenvalue weighted by Crippen LogP contribution is 2.40. The highest BCUT2D eigenvalue weighted by molar-refractivity contribution is 14.1. The van der Waals surface area contributed by atoms with Gasteiger partial charge >= 0.3 is 0 Å². The van der Waals surface area contributed by atoms with E-state index in [4.69, 9.17) is 15.2 Å². The monoisotopic (exact) mass is 512 g/mol. The first-order chi connectivity index (χ1) is 14.5. The molecule has 0 radical (unpaired) electrons. The average molecular weight is 512 g/mol. The SMILES string of the molecule is CCOc1cc(-c2c(C#N)c(N)[nH]c(=O)c2C#N)cc(I)c1OCc1ccccc1. The molecule has 1 heterocycles. The number of pyridine rings is 1. The lowest BCUT2D eigenvalue weighted by Gasteiger charge is -2.17. The molecule has 0 saturated carbocycles. The number of halogens is 1. The van der Waals surface area contributed by atoms with Gasteiger partial charge in [-0.05, 0) is 52.8 Å². The predicted octanol–water partition coefficient (Wildman–Crippen LogP) is 3.95. The van der Waals surface area contributed by atoms with E-state index in [2.05, 4.69) is 27.6 Å². The lowest BCUT2D eigenvalue weighted by Crippen LogP contribution is -2.16. The molecular formula is C22H17IN4O3. The third kappa shape index (κ3) is 4.24. The van der Waals surface area contributed by atoms with Crippen LogP contribution in [0.2, 0.25) is 0 Å². The van der Waals surface area contributed by atoms with Gasteiger partial charge in [-0.2, -0.15) is 10.5 Å². The van der Waals surface area contributed by atoms with Crippen LogP contribution in [0.15, 0.2) is 47.3 Å². The van der Waals surface area contributed by atoms with Gasteiger partial charge in [0, 0.05) is 5.56 Å². The molecule has 0 spiro atoms. The molecule has 7 nitrogen and oxygen atoms in total. The fourth-order valence-corrected chi connectivity index (χ4v) is 3.73. The number of aromatic amines is 1. The molecule has 2 aromatic carbocycles. The fourth-order valence-electron chi connectivity index (χ4n) is 2.98. The topological polar surface area (TPSA) is 125 Å². The van der Waals surface area contributed by atoms with Gasteiger partial charge in [0.2, 0.25) is 0 Å². The van der Waals surface area contributed by atoms with Gasteiger partial charge in [-0.1, -0.05) is 30.3 Å². The fraction of sp³-hybridized carbons (Fsp3) is 0.136. The molecule has 3 aromatic rings. The third-order valence-electron chi connectivity index (χ3n) is 4.29. The standard InChI is InChI=1S/C22H17IN4O3/c1-2-29-18-9-14(19-15(10-24)21(26)27-22(28)16(19)11-25)8-17(23)20(18)30-12-13-6-4-3-5-7-13/h3-9H,2,12H2,1H3,(H3,26,27,28). The molecule has 1 aromatic heterocycles. The van der Waals surface area contributed by atoms with Crippen molar-refractivity contribution >= 4 is 28.4 Å². The van der Waals surface area contributed by atoms with Gasteiger partial charge in [0.15, 0.2) is 11.5 Å². The number of nitrogen functional groups attached to an aromatic ring is 1. The number of hydrogen-bond acceptors (Lipinski definition) is 6. The minimum absolute atomic E-state index is 0.0300. The zero-order chi connectivity index (χ0) is 21.7. The van der Waals surface area contributed by atoms with Crippen molar-refractivity contribution in [1.82, 2.24) is 4.98 Å². The second kappa shape index (κ2) is 9.33. The Morgan fingerprint density at radius 2 is 1.80 bits per heavy atom. The van der Waals surface area contributed by atoms with Crippen LogP contribution in [0.5, 0.6) is 11.5 Å². The van der Waals surface area contributed by atoms with Gasteiger partial charge in [-0.25, -0.2) is 0 Å². The summed E-state index contributed by atoms with van der Waals surface area (Å²) in [5.41, 5.74) is 6.67. The molecule has 0 aliphatic rings. The number of nitrogens with two attached hydrogens (primary N) is 1. The second-order valence-corrected chi connectivity index (χ2v) is 7.37. The van der Waals surface area contributed by atoms with Gasteiger partial charge in [-0.15, -0.1) is 0 Å². The molecule has 0 aliphatic carbocycles. The minimum Gasteiger partial charge on any atom is -0.490 e. The smallest absolute Gasteiger partial charge is 0.268 e. The number of benzene rings is 2. The number of nitriles is 2. The molecule has 30 heavy (non-hydrogen) atoms. The average Bonchev–Trinajstić information content (AvgIpc) is 2.73. The summed E-state index contributed by atoms with van der Waals surface area (Å²) in [4.78, 5) is 14.6. The molecule has 0 atom stereocenters. The third-order valence-corrected chi connectivity index (χ3v) is 5.09. The number of rotatable bonds is 6. The summed E-state index contributed by atoms with van der Waals surface area (Å²) in [6, 6.07) is 16.9. The summed E-state index contributed by atoms with van der Waals surface area (Å²) in [6.07, 6.45) is 0. The quantitative estimate of drug-likeness (QED) is 0.482. The van der Waals surface area contributed by atoms with Crippen molar-refractivity contribution < 1.29 is 9.47 Å². The van der Waals surface area contributed by atoms with E-state index in [0.29, 0.717) is 33.8 Å². The molecule has 3 N–H and O–H groups in total. The van der Waals surface area contributed by atoms with E-state index in [0.717, 1.165) is 5.56 Å². The van der Waals surface area contributed by atoms with Gasteiger partial charge in [0.1, 0.15) is 35.7 Å². The summed E-state index contributed by atoms with van der Waals surface area (Å²) >= 11 is 2.10. The van der Waals surface area contributed by atoms with Crippen LogP contribution in [0.1, 0.15) is 23.6 Å². The van der Waals surface area contributed by atoms with Crippen LogP contribution in [-0.2, 0) is 6.61 Å². The van der Waals surface area contributed by atoms with Crippen LogP contribution in [0.25, 0.3) is 11.1 Å². The first-order valence-corrected chi connectivity index (χ1v) is 10.1. The Labute approximate surface area is 186 Å². The molecular weight excluding hydrogens is 495 g/mol. The van der Waals surface area contributed by atoms with Crippen molar-refractivity contribution in [2.45, 2.75) is 13.5 Å². The van der Waals surface area contributed by atoms with E-state index >= 15 is 0 Å². The molecule has 0 fully saturated rings. The van der Waals surface area contributed by atoms with Crippen molar-refractivity contribution in [3.05, 3.63) is 73.1 Å². The Balaban J connectivity index is 2.14. The Kier molecular flexibility index (Phi) is 6.60. The molecule has 8 heteroatoms. The van der Waals surface area contributed by atoms with Crippen molar-refractivity contribution in [3.63, 3.8) is 0 Å². The van der Waals surface area contributed by atoms with Crippen LogP contribution in [0.3, 0.4) is 0 Å². The molecule has 0 bridgehead atoms. The van der Waals surface area contributed by atoms with E-state index in [1.165, 1.54) is 0 Å². The normalized spacial score (nSPS) is 10.1. The Hall–Kier alpha value is -3.50. The van der Waals surface area contributed by atoms with E-state index in [1.807, 2.05) is 49.4 Å². The van der Waals surface area contributed by atoms with Crippen molar-refractivity contribution in [2.75, 3.05) is 12.3 Å². The van der Waals surface area contributed by atoms with Crippen molar-refractivity contribution in [3.8, 4) is 34.8 Å². The van der Waals surface area contributed by atoms with E-state index in [-0.39, 0.29) is 22.5 Å². The van der Waals surface area contributed by atoms with Gasteiger partial charge < -0.3 is 20.2 Å². The lowest BCUT2D eigenvalue weighted by molar-refractivity contribution is 0.267. The Morgan fingerprint density at radius 1 is 1.10 bits per heavy atom. The molecule has 0 aliphatic heterocycles. The maximum atomic E-state index is 12.2. The van der Waals surface area contributed by atoms with Crippen LogP contribution >= 0.6 is 22.6 Å². The lowest BCUT2D eigenvalue weighted by atomic mass is 9.96. The molecule has 0 unspecified atom stereocenters. The zero-order valence-corrected chi connectivity index (χ0v) is 18.2. The highest BCUT2D eigenvalue weighted by Gasteiger charge is 2.21. The van der Waals surface area contributed by atoms with Crippen LogP contribution in [-0.4, -0.2) is 11.6 Å². The molecule has 150 valence electrons. The van der Waals surface area contributed by atoms with Gasteiger partial charge in [0.25, 0.3) is 5.56 Å². The number of anilines is 1. The summed E-state index contributed by atoms with van der Waals surface area (Å²) in [5.74, 6) is 0.899. The maximum Gasteiger partial charge on any atom is 0.268 e. The number of ether oxygens (including phenoxy) is 2. The second-order valence-electron chi connectivity index (χ2n) is 6.21. The number of H-pyrrole nitrogens is 1. The minimum atomic E-state index is -0.652. The van der Waals surface area contributed by atoms with Gasteiger partial charge in [-0.3, -0.25) is 4.79 Å². The van der Waals surface area contributed by atoms with Gasteiger partial charge in [0.05, 0.1) is 10.2 Å². The molecule has 0 saturated heterocycles. The molecule has 3 rings (SSSR count). The van der Waals surface area contributed by atoms with E-state index in [9.17, 15) is 15.3 Å². The highest BCUT2D eigenvalue weighted by atomic mass is 127. The van der Waals surface area contributed by atoms with Crippen molar-refractivity contribution in [2.24, 2.45) is 0 Å². The van der Waals surface area contributed by atoms with Crippen LogP contribution in [0, 0.1) is 26.2 Å². The van der Waals surface area contributed by atoms with Crippen LogP contribution in [0.4, 0.5) is 5.82 Å². The number of aromatic nitrogens is 1. The Morgan fingerprint density at radius 3 is 2.43 bits per heavy atom. The summed E-state index contributed by atoms with van der Waals surface area (Å²) < 4.78 is 12.5. The van der Waals surface area contributed by atoms with Crippen molar-refractivity contribution in [1.29, 1.82) is 10.5 Å². The Bertz CT molecular complexity index is 1220. The van der Waals surface area contributed by atoms with E-state index < -0.39 is 5.56 Å². The van der Waals surface area contributed by atoms with Crippen LogP contribution < -0.4 is 20.8 Å². The number of hydrogen-bond donors (Lipinski definition) is 2. The largest absolute Gasteiger partial charge is 0.490 e. The maximum absolute atomic E-state index is 12.2. The molecule has 0 amide bonds. The first-order valence-electron chi connectivity index (χ1n) is 8.99. The van der Waals surface area contributed by atoms with E-state index in [1.54, 1.807) is 12.1 Å². The summed E-state index contributed by atoms with van der Waals surface area (Å²) in [5, 5.41) is 19.1. The zero-order valence-electron chi connectivity index (χ0n) is 16.0. The summed E-state index contributed by atoms with van der Waals surface area (Å²) in [6.45, 7) is 2.57.